The minimum absolute atomic E-state index is 0.0182. The molecule has 0 radical (unpaired) electrons. The van der Waals surface area contributed by atoms with Gasteiger partial charge in [-0.2, -0.15) is 13.2 Å². The highest BCUT2D eigenvalue weighted by atomic mass is 32.1. The molecular weight excluding hydrogens is 305 g/mol. The number of likely N-dealkylation sites (tertiary alicyclic amines) is 1. The number of rotatable bonds is 5. The Labute approximate surface area is 124 Å². The topological polar surface area (TPSA) is 53.4 Å². The first-order valence-electron chi connectivity index (χ1n) is 6.83. The quantitative estimate of drug-likeness (QED) is 0.904. The summed E-state index contributed by atoms with van der Waals surface area (Å²) < 4.78 is 37.7. The van der Waals surface area contributed by atoms with Crippen LogP contribution in [0, 0.1) is 0 Å². The molecule has 0 aliphatic carbocycles. The SMILES string of the molecule is O=C(O)CCCN1CCCC(c2nc(C(F)(F)F)cs2)C1. The molecule has 0 amide bonds. The van der Waals surface area contributed by atoms with Gasteiger partial charge in [0.25, 0.3) is 0 Å². The van der Waals surface area contributed by atoms with E-state index in [4.69, 9.17) is 5.11 Å². The molecule has 1 unspecified atom stereocenters. The first kappa shape index (κ1) is 16.2. The van der Waals surface area contributed by atoms with Crippen LogP contribution < -0.4 is 0 Å². The van der Waals surface area contributed by atoms with Crippen molar-refractivity contribution in [1.82, 2.24) is 9.88 Å². The van der Waals surface area contributed by atoms with Gasteiger partial charge in [-0.25, -0.2) is 4.98 Å². The summed E-state index contributed by atoms with van der Waals surface area (Å²) >= 11 is 1.06. The van der Waals surface area contributed by atoms with Gasteiger partial charge in [0.1, 0.15) is 0 Å². The van der Waals surface area contributed by atoms with E-state index >= 15 is 0 Å². The minimum atomic E-state index is -4.38. The molecule has 118 valence electrons. The maximum absolute atomic E-state index is 12.6. The molecule has 0 spiro atoms. The van der Waals surface area contributed by atoms with Gasteiger partial charge in [0.05, 0.1) is 5.01 Å². The van der Waals surface area contributed by atoms with Gasteiger partial charge in [0.15, 0.2) is 5.69 Å². The van der Waals surface area contributed by atoms with Crippen molar-refractivity contribution >= 4 is 17.3 Å². The molecule has 1 fully saturated rings. The fourth-order valence-corrected chi connectivity index (χ4v) is 3.47. The molecule has 1 aromatic rings. The third-order valence-corrected chi connectivity index (χ3v) is 4.54. The molecule has 2 rings (SSSR count). The van der Waals surface area contributed by atoms with E-state index in [0.29, 0.717) is 24.5 Å². The Kier molecular flexibility index (Phi) is 5.21. The van der Waals surface area contributed by atoms with Gasteiger partial charge in [0.2, 0.25) is 0 Å². The average molecular weight is 322 g/mol. The Morgan fingerprint density at radius 3 is 2.90 bits per heavy atom. The second-order valence-corrected chi connectivity index (χ2v) is 6.10. The summed E-state index contributed by atoms with van der Waals surface area (Å²) in [6, 6.07) is 0. The van der Waals surface area contributed by atoms with E-state index in [0.717, 1.165) is 36.1 Å². The Morgan fingerprint density at radius 2 is 2.29 bits per heavy atom. The molecular formula is C13H17F3N2O2S. The molecule has 1 atom stereocenters. The highest BCUT2D eigenvalue weighted by molar-refractivity contribution is 7.09. The smallest absolute Gasteiger partial charge is 0.434 e. The fraction of sp³-hybridized carbons (Fsp3) is 0.692. The molecule has 1 aliphatic heterocycles. The largest absolute Gasteiger partial charge is 0.481 e. The first-order chi connectivity index (χ1) is 9.86. The van der Waals surface area contributed by atoms with Crippen LogP contribution >= 0.6 is 11.3 Å². The van der Waals surface area contributed by atoms with Crippen molar-refractivity contribution in [3.05, 3.63) is 16.1 Å². The number of carboxylic acid groups (broad SMARTS) is 1. The van der Waals surface area contributed by atoms with Gasteiger partial charge >= 0.3 is 12.1 Å². The van der Waals surface area contributed by atoms with Crippen molar-refractivity contribution in [2.24, 2.45) is 0 Å². The number of hydrogen-bond donors (Lipinski definition) is 1. The number of piperidine rings is 1. The molecule has 1 aromatic heterocycles. The lowest BCUT2D eigenvalue weighted by molar-refractivity contribution is -0.141. The normalized spacial score (nSPS) is 20.6. The van der Waals surface area contributed by atoms with Crippen LogP contribution in [0.4, 0.5) is 13.2 Å². The molecule has 1 aliphatic rings. The maximum atomic E-state index is 12.6. The number of thiazole rings is 1. The molecule has 8 heteroatoms. The Balaban J connectivity index is 1.91. The van der Waals surface area contributed by atoms with E-state index < -0.39 is 17.8 Å². The van der Waals surface area contributed by atoms with Gasteiger partial charge in [-0.05, 0) is 32.4 Å². The number of aromatic nitrogens is 1. The molecule has 0 saturated carbocycles. The molecule has 4 nitrogen and oxygen atoms in total. The van der Waals surface area contributed by atoms with Gasteiger partial charge in [0, 0.05) is 24.3 Å². The van der Waals surface area contributed by atoms with Crippen LogP contribution in [0.1, 0.15) is 42.3 Å². The number of carboxylic acids is 1. The standard InChI is InChI=1S/C13H17F3N2O2S/c14-13(15,16)10-8-21-12(17-10)9-3-1-5-18(7-9)6-2-4-11(19)20/h8-9H,1-7H2,(H,19,20). The van der Waals surface area contributed by atoms with Crippen molar-refractivity contribution in [3.63, 3.8) is 0 Å². The molecule has 0 bridgehead atoms. The zero-order chi connectivity index (χ0) is 15.5. The summed E-state index contributed by atoms with van der Waals surface area (Å²) in [6.07, 6.45) is -1.96. The van der Waals surface area contributed by atoms with E-state index in [1.54, 1.807) is 0 Å². The zero-order valence-corrected chi connectivity index (χ0v) is 12.2. The highest BCUT2D eigenvalue weighted by Crippen LogP contribution is 2.34. The first-order valence-corrected chi connectivity index (χ1v) is 7.71. The maximum Gasteiger partial charge on any atom is 0.434 e. The van der Waals surface area contributed by atoms with E-state index in [-0.39, 0.29) is 12.3 Å². The second kappa shape index (κ2) is 6.74. The summed E-state index contributed by atoms with van der Waals surface area (Å²) in [4.78, 5) is 16.3. The number of nitrogens with zero attached hydrogens (tertiary/aromatic N) is 2. The van der Waals surface area contributed by atoms with Gasteiger partial charge in [-0.3, -0.25) is 4.79 Å². The summed E-state index contributed by atoms with van der Waals surface area (Å²) in [7, 11) is 0. The van der Waals surface area contributed by atoms with E-state index in [9.17, 15) is 18.0 Å². The summed E-state index contributed by atoms with van der Waals surface area (Å²) in [5.74, 6) is -0.803. The molecule has 1 N–H and O–H groups in total. The lowest BCUT2D eigenvalue weighted by atomic mass is 9.98. The summed E-state index contributed by atoms with van der Waals surface area (Å²) in [5.41, 5.74) is -0.814. The van der Waals surface area contributed by atoms with Crippen molar-refractivity contribution in [1.29, 1.82) is 0 Å². The Morgan fingerprint density at radius 1 is 1.52 bits per heavy atom. The second-order valence-electron chi connectivity index (χ2n) is 5.21. The van der Waals surface area contributed by atoms with Crippen molar-refractivity contribution in [3.8, 4) is 0 Å². The molecule has 21 heavy (non-hydrogen) atoms. The third-order valence-electron chi connectivity index (χ3n) is 3.53. The predicted molar refractivity (Wildman–Crippen MR) is 72.4 cm³/mol. The third kappa shape index (κ3) is 4.67. The summed E-state index contributed by atoms with van der Waals surface area (Å²) in [6.45, 7) is 2.19. The van der Waals surface area contributed by atoms with Crippen LogP contribution in [0.5, 0.6) is 0 Å². The van der Waals surface area contributed by atoms with Crippen molar-refractivity contribution in [2.75, 3.05) is 19.6 Å². The van der Waals surface area contributed by atoms with Gasteiger partial charge in [-0.15, -0.1) is 11.3 Å². The van der Waals surface area contributed by atoms with Crippen LogP contribution in [-0.4, -0.2) is 40.6 Å². The van der Waals surface area contributed by atoms with Crippen LogP contribution in [0.3, 0.4) is 0 Å². The number of alkyl halides is 3. The molecule has 0 aromatic carbocycles. The van der Waals surface area contributed by atoms with Crippen LogP contribution in [0.15, 0.2) is 5.38 Å². The van der Waals surface area contributed by atoms with E-state index in [1.807, 2.05) is 0 Å². The number of carbonyl (C=O) groups is 1. The molecule has 1 saturated heterocycles. The Bertz CT molecular complexity index is 490. The fourth-order valence-electron chi connectivity index (χ4n) is 2.52. The van der Waals surface area contributed by atoms with E-state index in [2.05, 4.69) is 9.88 Å². The lowest BCUT2D eigenvalue weighted by Gasteiger charge is -2.31. The van der Waals surface area contributed by atoms with Crippen LogP contribution in [0.2, 0.25) is 0 Å². The summed E-state index contributed by atoms with van der Waals surface area (Å²) in [5, 5.41) is 10.2. The minimum Gasteiger partial charge on any atom is -0.481 e. The lowest BCUT2D eigenvalue weighted by Crippen LogP contribution is -2.35. The number of hydrogen-bond acceptors (Lipinski definition) is 4. The monoisotopic (exact) mass is 322 g/mol. The van der Waals surface area contributed by atoms with Crippen LogP contribution in [0.25, 0.3) is 0 Å². The highest BCUT2D eigenvalue weighted by Gasteiger charge is 2.35. The van der Waals surface area contributed by atoms with Crippen molar-refractivity contribution < 1.29 is 23.1 Å². The number of halogens is 3. The van der Waals surface area contributed by atoms with Crippen LogP contribution in [-0.2, 0) is 11.0 Å². The van der Waals surface area contributed by atoms with Gasteiger partial charge in [-0.1, -0.05) is 0 Å². The average Bonchev–Trinajstić information content (AvgIpc) is 2.88. The van der Waals surface area contributed by atoms with E-state index in [1.165, 1.54) is 0 Å². The van der Waals surface area contributed by atoms with Gasteiger partial charge < -0.3 is 10.0 Å². The number of aliphatic carboxylic acids is 1. The zero-order valence-electron chi connectivity index (χ0n) is 11.4. The molecule has 2 heterocycles. The Hall–Kier alpha value is -1.15. The predicted octanol–water partition coefficient (Wildman–Crippen LogP) is 3.21. The van der Waals surface area contributed by atoms with Crippen molar-refractivity contribution in [2.45, 2.75) is 37.8 Å².